The van der Waals surface area contributed by atoms with Gasteiger partial charge < -0.3 is 9.80 Å². The van der Waals surface area contributed by atoms with Crippen LogP contribution in [0.1, 0.15) is 22.3 Å². The van der Waals surface area contributed by atoms with Crippen molar-refractivity contribution in [3.05, 3.63) is 265 Å². The minimum Gasteiger partial charge on any atom is -0.311 e. The summed E-state index contributed by atoms with van der Waals surface area (Å²) in [5.41, 5.74) is 21.8. The Morgan fingerprint density at radius 1 is 0.273 bits per heavy atom. The van der Waals surface area contributed by atoms with Gasteiger partial charge in [0.15, 0.2) is 0 Å². The van der Waals surface area contributed by atoms with Crippen LogP contribution in [-0.2, 0) is 12.8 Å². The SMILES string of the molecule is C1=Cc2cc(N(c3ccccc3)c3ccc(-c4ccc(-c5ccc(N(c6ccc(-c7ccccc7)cc6)c6ccc(-c7ccccc7)cc6)cc5)cc4)cc3)c3c4c(ccc(c24)C1)CC=C3. The topological polar surface area (TPSA) is 6.48 Å². The normalized spacial score (nSPS) is 12.3. The first-order valence-corrected chi connectivity index (χ1v) is 22.9. The number of para-hydroxylation sites is 1. The van der Waals surface area contributed by atoms with Crippen LogP contribution in [0.15, 0.2) is 243 Å². The summed E-state index contributed by atoms with van der Waals surface area (Å²) < 4.78 is 0. The molecule has 0 saturated heterocycles. The molecule has 12 rings (SSSR count). The second-order valence-electron chi connectivity index (χ2n) is 17.2. The van der Waals surface area contributed by atoms with E-state index in [1.165, 1.54) is 83.2 Å². The molecule has 2 nitrogen and oxygen atoms in total. The lowest BCUT2D eigenvalue weighted by Crippen LogP contribution is -2.13. The minimum atomic E-state index is 0.967. The van der Waals surface area contributed by atoms with E-state index in [1.54, 1.807) is 0 Å². The van der Waals surface area contributed by atoms with Crippen LogP contribution in [0.4, 0.5) is 34.1 Å². The van der Waals surface area contributed by atoms with E-state index >= 15 is 0 Å². The van der Waals surface area contributed by atoms with Gasteiger partial charge >= 0.3 is 0 Å². The van der Waals surface area contributed by atoms with Crippen LogP contribution < -0.4 is 9.80 Å². The van der Waals surface area contributed by atoms with E-state index in [2.05, 4.69) is 265 Å². The lowest BCUT2D eigenvalue weighted by atomic mass is 9.84. The Balaban J connectivity index is 0.834. The monoisotopic (exact) mass is 842 g/mol. The van der Waals surface area contributed by atoms with Crippen molar-refractivity contribution in [2.45, 2.75) is 12.8 Å². The molecule has 0 fully saturated rings. The predicted molar refractivity (Wildman–Crippen MR) is 281 cm³/mol. The lowest BCUT2D eigenvalue weighted by Gasteiger charge is -2.31. The van der Waals surface area contributed by atoms with E-state index in [4.69, 9.17) is 0 Å². The molecule has 2 aliphatic rings. The first-order valence-electron chi connectivity index (χ1n) is 22.9. The van der Waals surface area contributed by atoms with Crippen LogP contribution in [-0.4, -0.2) is 0 Å². The third kappa shape index (κ3) is 7.29. The summed E-state index contributed by atoms with van der Waals surface area (Å²) in [7, 11) is 0. The number of nitrogens with zero attached hydrogens (tertiary/aromatic N) is 2. The maximum atomic E-state index is 2.43. The van der Waals surface area contributed by atoms with Gasteiger partial charge in [-0.1, -0.05) is 188 Å². The molecule has 0 radical (unpaired) electrons. The molecule has 0 N–H and O–H groups in total. The second-order valence-corrected chi connectivity index (χ2v) is 17.2. The van der Waals surface area contributed by atoms with E-state index in [0.29, 0.717) is 0 Å². The zero-order chi connectivity index (χ0) is 43.8. The fourth-order valence-corrected chi connectivity index (χ4v) is 9.97. The maximum Gasteiger partial charge on any atom is 0.0546 e. The summed E-state index contributed by atoms with van der Waals surface area (Å²) in [4.78, 5) is 4.77. The Kier molecular flexibility index (Phi) is 10.0. The van der Waals surface area contributed by atoms with Crippen molar-refractivity contribution in [3.8, 4) is 44.5 Å². The third-order valence-electron chi connectivity index (χ3n) is 13.3. The Hall–Kier alpha value is -8.46. The van der Waals surface area contributed by atoms with Crippen molar-refractivity contribution in [2.75, 3.05) is 9.80 Å². The Morgan fingerprint density at radius 3 is 1.05 bits per heavy atom. The molecule has 0 aromatic heterocycles. The molecule has 0 amide bonds. The fraction of sp³-hybridized carbons (Fsp3) is 0.0312. The van der Waals surface area contributed by atoms with Crippen LogP contribution in [0.3, 0.4) is 0 Å². The third-order valence-corrected chi connectivity index (χ3v) is 13.3. The highest BCUT2D eigenvalue weighted by Gasteiger charge is 2.24. The molecule has 2 heteroatoms. The predicted octanol–water partition coefficient (Wildman–Crippen LogP) is 17.6. The molecule has 2 aliphatic carbocycles. The van der Waals surface area contributed by atoms with Gasteiger partial charge in [0.2, 0.25) is 0 Å². The number of anilines is 6. The average Bonchev–Trinajstić information content (AvgIpc) is 3.40. The highest BCUT2D eigenvalue weighted by atomic mass is 15.1. The zero-order valence-electron chi connectivity index (χ0n) is 36.6. The lowest BCUT2D eigenvalue weighted by molar-refractivity contribution is 1.22. The number of benzene rings is 10. The summed E-state index contributed by atoms with van der Waals surface area (Å²) >= 11 is 0. The van der Waals surface area contributed by atoms with Crippen molar-refractivity contribution < 1.29 is 0 Å². The van der Waals surface area contributed by atoms with Gasteiger partial charge in [-0.3, -0.25) is 0 Å². The van der Waals surface area contributed by atoms with Gasteiger partial charge in [0.25, 0.3) is 0 Å². The molecule has 0 aliphatic heterocycles. The van der Waals surface area contributed by atoms with Gasteiger partial charge in [-0.25, -0.2) is 0 Å². The Bertz CT molecular complexity index is 3310. The molecule has 10 aromatic carbocycles. The first kappa shape index (κ1) is 39.2. The van der Waals surface area contributed by atoms with E-state index in [9.17, 15) is 0 Å². The minimum absolute atomic E-state index is 0.967. The Labute approximate surface area is 387 Å². The molecule has 0 heterocycles. The largest absolute Gasteiger partial charge is 0.311 e. The number of hydrogen-bond donors (Lipinski definition) is 0. The van der Waals surface area contributed by atoms with Crippen molar-refractivity contribution in [2.24, 2.45) is 0 Å². The summed E-state index contributed by atoms with van der Waals surface area (Å²) in [5, 5.41) is 2.82. The van der Waals surface area contributed by atoms with E-state index in [1.807, 2.05) is 0 Å². The van der Waals surface area contributed by atoms with Crippen molar-refractivity contribution in [1.82, 2.24) is 0 Å². The standard InChI is InChI=1S/C64H46N2/c1-4-12-45(13-5-1)49-28-36-57(37-29-49)65(58-38-30-50(31-39-58)46-14-6-2-7-15-46)59-40-32-51(33-41-59)47-22-24-48(25-23-47)52-34-42-60(43-35-52)66(56-19-8-3-9-20-56)62-44-55-18-10-16-53-26-27-54-17-11-21-61(62)64(54)63(53)55/h1-15,18-44H,16-17H2. The molecule has 0 bridgehead atoms. The van der Waals surface area contributed by atoms with Crippen molar-refractivity contribution in [1.29, 1.82) is 0 Å². The van der Waals surface area contributed by atoms with Crippen molar-refractivity contribution in [3.63, 3.8) is 0 Å². The molecule has 10 aromatic rings. The quantitative estimate of drug-likeness (QED) is 0.135. The summed E-state index contributed by atoms with van der Waals surface area (Å²) in [5.74, 6) is 0. The van der Waals surface area contributed by atoms with Crippen LogP contribution >= 0.6 is 0 Å². The number of allylic oxidation sites excluding steroid dienone is 2. The van der Waals surface area contributed by atoms with Gasteiger partial charge in [0, 0.05) is 34.0 Å². The van der Waals surface area contributed by atoms with E-state index in [0.717, 1.165) is 41.3 Å². The highest BCUT2D eigenvalue weighted by molar-refractivity contribution is 6.08. The Morgan fingerprint density at radius 2 is 0.606 bits per heavy atom. The fourth-order valence-electron chi connectivity index (χ4n) is 9.97. The average molecular weight is 843 g/mol. The maximum absolute atomic E-state index is 2.43. The second kappa shape index (κ2) is 16.9. The molecule has 0 saturated carbocycles. The summed E-state index contributed by atoms with van der Waals surface area (Å²) in [6.45, 7) is 0. The number of rotatable bonds is 10. The van der Waals surface area contributed by atoms with Gasteiger partial charge in [0.1, 0.15) is 0 Å². The highest BCUT2D eigenvalue weighted by Crippen LogP contribution is 2.46. The molecular formula is C64H46N2. The van der Waals surface area contributed by atoms with Crippen LogP contribution in [0.2, 0.25) is 0 Å². The van der Waals surface area contributed by atoms with E-state index < -0.39 is 0 Å². The molecule has 0 atom stereocenters. The van der Waals surface area contributed by atoms with E-state index in [-0.39, 0.29) is 0 Å². The molecule has 66 heavy (non-hydrogen) atoms. The zero-order valence-corrected chi connectivity index (χ0v) is 36.6. The van der Waals surface area contributed by atoms with Crippen molar-refractivity contribution >= 4 is 57.0 Å². The summed E-state index contributed by atoms with van der Waals surface area (Å²) in [6.07, 6.45) is 11.2. The van der Waals surface area contributed by atoms with Crippen LogP contribution in [0.25, 0.3) is 67.4 Å². The molecule has 312 valence electrons. The molecule has 0 spiro atoms. The van der Waals surface area contributed by atoms with Gasteiger partial charge in [-0.05, 0) is 152 Å². The molecule has 0 unspecified atom stereocenters. The summed E-state index contributed by atoms with van der Waals surface area (Å²) in [6, 6.07) is 83.7. The number of hydrogen-bond acceptors (Lipinski definition) is 2. The van der Waals surface area contributed by atoms with Crippen LogP contribution in [0.5, 0.6) is 0 Å². The van der Waals surface area contributed by atoms with Crippen LogP contribution in [0, 0.1) is 0 Å². The smallest absolute Gasteiger partial charge is 0.0546 e. The van der Waals surface area contributed by atoms with Gasteiger partial charge in [-0.2, -0.15) is 0 Å². The van der Waals surface area contributed by atoms with Gasteiger partial charge in [-0.15, -0.1) is 0 Å². The first-order chi connectivity index (χ1) is 32.7. The van der Waals surface area contributed by atoms with Gasteiger partial charge in [0.05, 0.1) is 5.69 Å². The molecular weight excluding hydrogens is 797 g/mol.